The monoisotopic (exact) mass is 557 g/mol. The van der Waals surface area contributed by atoms with Gasteiger partial charge in [0.25, 0.3) is 0 Å². The van der Waals surface area contributed by atoms with Gasteiger partial charge in [-0.15, -0.1) is 0 Å². The largest absolute Gasteiger partial charge is 0.550 e. The number of benzene rings is 3. The van der Waals surface area contributed by atoms with Gasteiger partial charge < -0.3 is 20.1 Å². The van der Waals surface area contributed by atoms with Crippen LogP contribution in [0.15, 0.2) is 89.0 Å². The molecule has 3 atom stereocenters. The molecule has 0 bridgehead atoms. The van der Waals surface area contributed by atoms with Gasteiger partial charge in [0.2, 0.25) is 5.91 Å². The number of para-hydroxylation sites is 2. The van der Waals surface area contributed by atoms with Crippen LogP contribution in [0, 0.1) is 12.8 Å². The third kappa shape index (κ3) is 5.09. The number of aryl methyl sites for hydroxylation is 1. The van der Waals surface area contributed by atoms with Crippen molar-refractivity contribution in [2.24, 2.45) is 5.92 Å². The number of nitrogens with zero attached hydrogens (tertiary/aromatic N) is 1. The van der Waals surface area contributed by atoms with Crippen LogP contribution in [-0.2, 0) is 14.4 Å². The minimum atomic E-state index is -1.28. The van der Waals surface area contributed by atoms with Crippen LogP contribution in [0.3, 0.4) is 0 Å². The summed E-state index contributed by atoms with van der Waals surface area (Å²) in [4.78, 5) is 40.4. The van der Waals surface area contributed by atoms with Gasteiger partial charge in [-0.25, -0.2) is 0 Å². The lowest BCUT2D eigenvalue weighted by Crippen LogP contribution is -2.43. The Hall–Kier alpha value is -3.71. The minimum Gasteiger partial charge on any atom is -0.550 e. The third-order valence-corrected chi connectivity index (χ3v) is 7.52. The molecular weight excluding hydrogens is 532 g/mol. The van der Waals surface area contributed by atoms with Crippen molar-refractivity contribution in [3.05, 3.63) is 106 Å². The summed E-state index contributed by atoms with van der Waals surface area (Å²) in [5, 5.41) is 14.7. The summed E-state index contributed by atoms with van der Waals surface area (Å²) in [6.07, 6.45) is 1.78. The second-order valence-electron chi connectivity index (χ2n) is 9.57. The summed E-state index contributed by atoms with van der Waals surface area (Å²) in [6.45, 7) is 1.98. The molecule has 0 saturated carbocycles. The quantitative estimate of drug-likeness (QED) is 0.474. The lowest BCUT2D eigenvalue weighted by molar-refractivity contribution is -0.305. The summed E-state index contributed by atoms with van der Waals surface area (Å²) >= 11 is 3.53. The number of rotatable bonds is 5. The molecule has 0 saturated heterocycles. The molecule has 1 amide bonds. The number of anilines is 2. The van der Waals surface area contributed by atoms with Gasteiger partial charge in [0, 0.05) is 34.9 Å². The number of amides is 1. The molecule has 3 aromatic carbocycles. The summed E-state index contributed by atoms with van der Waals surface area (Å²) in [5.74, 6) is -2.38. The number of allylic oxidation sites excluding steroid dienone is 1. The van der Waals surface area contributed by atoms with Crippen molar-refractivity contribution in [1.29, 1.82) is 0 Å². The maximum atomic E-state index is 14.0. The van der Waals surface area contributed by atoms with Crippen LogP contribution in [0.5, 0.6) is 0 Å². The summed E-state index contributed by atoms with van der Waals surface area (Å²) < 4.78 is 0.944. The van der Waals surface area contributed by atoms with Crippen molar-refractivity contribution in [2.75, 3.05) is 10.2 Å². The van der Waals surface area contributed by atoms with Gasteiger partial charge in [-0.05, 0) is 48.7 Å². The predicted molar refractivity (Wildman–Crippen MR) is 144 cm³/mol. The Morgan fingerprint density at radius 2 is 1.76 bits per heavy atom. The first-order valence-electron chi connectivity index (χ1n) is 12.3. The van der Waals surface area contributed by atoms with Gasteiger partial charge >= 0.3 is 0 Å². The first-order chi connectivity index (χ1) is 17.8. The van der Waals surface area contributed by atoms with Gasteiger partial charge in [0.1, 0.15) is 5.78 Å². The van der Waals surface area contributed by atoms with Crippen molar-refractivity contribution in [1.82, 2.24) is 0 Å². The number of Topliss-reactive ketones (excluding diaryl/α,β-unsaturated/α-hetero) is 1. The molecule has 3 unspecified atom stereocenters. The number of hydrogen-bond donors (Lipinski definition) is 1. The molecule has 2 aliphatic rings. The smallest absolute Gasteiger partial charge is 0.228 e. The molecule has 1 aliphatic heterocycles. The van der Waals surface area contributed by atoms with E-state index in [0.29, 0.717) is 17.8 Å². The van der Waals surface area contributed by atoms with E-state index < -0.39 is 24.3 Å². The number of hydrogen-bond acceptors (Lipinski definition) is 5. The van der Waals surface area contributed by atoms with E-state index >= 15 is 0 Å². The van der Waals surface area contributed by atoms with Crippen LogP contribution in [0.1, 0.15) is 47.9 Å². The molecule has 37 heavy (non-hydrogen) atoms. The number of carbonyl (C=O) groups excluding carboxylic acids is 3. The maximum absolute atomic E-state index is 14.0. The van der Waals surface area contributed by atoms with Gasteiger partial charge in [-0.3, -0.25) is 9.59 Å². The normalized spacial score (nSPS) is 20.7. The molecule has 3 aromatic rings. The molecule has 0 radical (unpaired) electrons. The molecule has 0 spiro atoms. The molecule has 0 fully saturated rings. The van der Waals surface area contributed by atoms with E-state index in [-0.39, 0.29) is 24.0 Å². The van der Waals surface area contributed by atoms with Crippen molar-refractivity contribution < 1.29 is 19.5 Å². The second-order valence-corrected chi connectivity index (χ2v) is 10.5. The lowest BCUT2D eigenvalue weighted by atomic mass is 9.76. The Morgan fingerprint density at radius 1 is 1.00 bits per heavy atom. The Morgan fingerprint density at radius 3 is 2.49 bits per heavy atom. The highest BCUT2D eigenvalue weighted by Gasteiger charge is 2.44. The van der Waals surface area contributed by atoms with E-state index in [1.54, 1.807) is 4.90 Å². The molecule has 5 rings (SSSR count). The van der Waals surface area contributed by atoms with Crippen LogP contribution < -0.4 is 15.3 Å². The molecule has 188 valence electrons. The fourth-order valence-electron chi connectivity index (χ4n) is 5.28. The highest BCUT2D eigenvalue weighted by molar-refractivity contribution is 9.10. The van der Waals surface area contributed by atoms with Crippen LogP contribution >= 0.6 is 15.9 Å². The van der Waals surface area contributed by atoms with E-state index in [9.17, 15) is 19.5 Å². The zero-order chi connectivity index (χ0) is 26.1. The van der Waals surface area contributed by atoms with Crippen molar-refractivity contribution in [2.45, 2.75) is 38.1 Å². The van der Waals surface area contributed by atoms with Crippen LogP contribution in [-0.4, -0.2) is 17.7 Å². The Bertz CT molecular complexity index is 1400. The molecule has 7 heteroatoms. The van der Waals surface area contributed by atoms with Crippen LogP contribution in [0.4, 0.5) is 11.4 Å². The highest BCUT2D eigenvalue weighted by atomic mass is 79.9. The van der Waals surface area contributed by atoms with Crippen LogP contribution in [0.2, 0.25) is 0 Å². The number of carbonyl (C=O) groups is 3. The molecular formula is C30H26BrN2O4-. The highest BCUT2D eigenvalue weighted by Crippen LogP contribution is 2.48. The molecule has 1 N–H and O–H groups in total. The predicted octanol–water partition coefficient (Wildman–Crippen LogP) is 5.04. The fraction of sp³-hybridized carbons (Fsp3) is 0.233. The lowest BCUT2D eigenvalue weighted by Gasteiger charge is -2.38. The number of carboxylic acid groups (broad SMARTS) is 1. The van der Waals surface area contributed by atoms with Gasteiger partial charge in [0.05, 0.1) is 23.3 Å². The SMILES string of the molecule is Cc1ccc(C2C3C(=O)CC(c4cccc(Br)c4)C=C3Nc3ccccc3N2C(=O)CCC(=O)[O-])cc1. The number of halogens is 1. The van der Waals surface area contributed by atoms with Gasteiger partial charge in [-0.2, -0.15) is 0 Å². The Balaban J connectivity index is 1.68. The minimum absolute atomic E-state index is 0.0195. The topological polar surface area (TPSA) is 89.5 Å². The summed E-state index contributed by atoms with van der Waals surface area (Å²) in [5.41, 5.74) is 4.95. The molecule has 1 heterocycles. The van der Waals surface area contributed by atoms with E-state index in [1.165, 1.54) is 0 Å². The number of nitrogens with one attached hydrogen (secondary N) is 1. The Kier molecular flexibility index (Phi) is 6.98. The fourth-order valence-corrected chi connectivity index (χ4v) is 5.70. The summed E-state index contributed by atoms with van der Waals surface area (Å²) in [7, 11) is 0. The van der Waals surface area contributed by atoms with Gasteiger partial charge in [0.15, 0.2) is 0 Å². The van der Waals surface area contributed by atoms with E-state index in [0.717, 1.165) is 26.9 Å². The third-order valence-electron chi connectivity index (χ3n) is 7.03. The number of carboxylic acids is 1. The summed E-state index contributed by atoms with van der Waals surface area (Å²) in [6, 6.07) is 22.5. The van der Waals surface area contributed by atoms with Crippen molar-refractivity contribution >= 4 is 45.0 Å². The van der Waals surface area contributed by atoms with Crippen LogP contribution in [0.25, 0.3) is 0 Å². The second kappa shape index (κ2) is 10.3. The Labute approximate surface area is 224 Å². The molecule has 0 aromatic heterocycles. The van der Waals surface area contributed by atoms with Crippen molar-refractivity contribution in [3.8, 4) is 0 Å². The van der Waals surface area contributed by atoms with Gasteiger partial charge in [-0.1, -0.05) is 76.1 Å². The number of ketones is 1. The molecule has 1 aliphatic carbocycles. The standard InChI is InChI=1S/C30H27BrN2O4/c1-18-9-11-19(12-10-18)30-29-24(16-21(17-26(29)34)20-5-4-6-22(31)15-20)32-23-7-2-3-8-25(23)33(30)27(35)13-14-28(36)37/h2-12,15-16,21,29-30,32H,13-14,17H2,1H3,(H,36,37)/p-1. The van der Waals surface area contributed by atoms with E-state index in [2.05, 4.69) is 27.3 Å². The van der Waals surface area contributed by atoms with Crippen molar-refractivity contribution in [3.63, 3.8) is 0 Å². The first-order valence-corrected chi connectivity index (χ1v) is 13.1. The first kappa shape index (κ1) is 25.0. The average molecular weight is 558 g/mol. The maximum Gasteiger partial charge on any atom is 0.228 e. The number of aliphatic carboxylic acids is 1. The zero-order valence-electron chi connectivity index (χ0n) is 20.3. The zero-order valence-corrected chi connectivity index (χ0v) is 21.9. The van der Waals surface area contributed by atoms with E-state index in [4.69, 9.17) is 0 Å². The molecule has 6 nitrogen and oxygen atoms in total. The average Bonchev–Trinajstić information content (AvgIpc) is 3.02. The number of fused-ring (bicyclic) bond motifs is 2. The van der Waals surface area contributed by atoms with E-state index in [1.807, 2.05) is 79.7 Å².